The highest BCUT2D eigenvalue weighted by Crippen LogP contribution is 2.29. The van der Waals surface area contributed by atoms with Crippen LogP contribution < -0.4 is 15.8 Å². The van der Waals surface area contributed by atoms with E-state index in [1.54, 1.807) is 12.1 Å². The summed E-state index contributed by atoms with van der Waals surface area (Å²) in [4.78, 5) is 38.3. The summed E-state index contributed by atoms with van der Waals surface area (Å²) in [6.07, 6.45) is 0.523. The van der Waals surface area contributed by atoms with E-state index in [-0.39, 0.29) is 29.4 Å². The topological polar surface area (TPSA) is 193 Å². The van der Waals surface area contributed by atoms with Gasteiger partial charge in [0.25, 0.3) is 11.0 Å². The third kappa shape index (κ3) is 7.40. The number of hydrogen-bond acceptors (Lipinski definition) is 10. The number of benzene rings is 1. The Balaban J connectivity index is 2.12. The van der Waals surface area contributed by atoms with Crippen molar-refractivity contribution in [1.29, 1.82) is 0 Å². The van der Waals surface area contributed by atoms with Gasteiger partial charge in [-0.2, -0.15) is 0 Å². The number of sulfonamides is 1. The minimum absolute atomic E-state index is 0.109. The zero-order valence-electron chi connectivity index (χ0n) is 16.6. The molecule has 0 unspecified atom stereocenters. The van der Waals surface area contributed by atoms with Crippen LogP contribution in [0.4, 0.5) is 5.69 Å². The number of nitrogens with two attached hydrogens (primary N) is 1. The van der Waals surface area contributed by atoms with Crippen LogP contribution in [0.5, 0.6) is 0 Å². The van der Waals surface area contributed by atoms with Crippen molar-refractivity contribution in [3.63, 3.8) is 0 Å². The molecule has 1 heterocycles. The molecular weight excluding hydrogens is 472 g/mol. The van der Waals surface area contributed by atoms with Gasteiger partial charge in [-0.3, -0.25) is 4.79 Å². The first-order valence-corrected chi connectivity index (χ1v) is 10.8. The summed E-state index contributed by atoms with van der Waals surface area (Å²) < 4.78 is 33.6. The molecule has 0 aliphatic heterocycles. The summed E-state index contributed by atoms with van der Waals surface area (Å²) >= 11 is 5.99. The number of halogens is 1. The van der Waals surface area contributed by atoms with E-state index in [1.165, 1.54) is 19.3 Å². The molecule has 0 spiro atoms. The van der Waals surface area contributed by atoms with Crippen LogP contribution >= 0.6 is 11.6 Å². The minimum Gasteiger partial charge on any atom is -0.467 e. The first-order valence-electron chi connectivity index (χ1n) is 8.85. The van der Waals surface area contributed by atoms with Gasteiger partial charge in [0.05, 0.1) is 29.1 Å². The number of carbonyl (C=O) groups is 2. The van der Waals surface area contributed by atoms with Gasteiger partial charge in [0, 0.05) is 6.54 Å². The molecule has 1 amide bonds. The zero-order chi connectivity index (χ0) is 23.9. The minimum atomic E-state index is -4.26. The number of amides is 1. The third-order valence-electron chi connectivity index (χ3n) is 3.82. The molecule has 2 rings (SSSR count). The van der Waals surface area contributed by atoms with Gasteiger partial charge in [0.1, 0.15) is 16.8 Å². The third-order valence-corrected chi connectivity index (χ3v) is 5.19. The molecule has 0 fully saturated rings. The number of rotatable bonds is 11. The molecule has 13 nitrogen and oxygen atoms in total. The SMILES string of the molecule is C[C@@H](CNC(=O)COC(=O)c1cc(S(N)(=O)=O)c(Cl)cc1NCc1ccco1)O[N+](=O)[O-]. The summed E-state index contributed by atoms with van der Waals surface area (Å²) in [6, 6.07) is 5.42. The Morgan fingerprint density at radius 1 is 1.38 bits per heavy atom. The average molecular weight is 491 g/mol. The Bertz CT molecular complexity index is 1090. The van der Waals surface area contributed by atoms with E-state index in [1.807, 2.05) is 0 Å². The summed E-state index contributed by atoms with van der Waals surface area (Å²) in [5.41, 5.74) is -0.139. The molecule has 4 N–H and O–H groups in total. The first kappa shape index (κ1) is 24.9. The Kier molecular flexibility index (Phi) is 8.40. The van der Waals surface area contributed by atoms with Crippen LogP contribution in [-0.2, 0) is 30.9 Å². The lowest BCUT2D eigenvalue weighted by Gasteiger charge is -2.14. The molecule has 0 radical (unpaired) electrons. The maximum Gasteiger partial charge on any atom is 0.340 e. The normalized spacial score (nSPS) is 12.0. The van der Waals surface area contributed by atoms with Crippen LogP contribution in [0, 0.1) is 10.1 Å². The number of anilines is 1. The molecule has 1 aromatic heterocycles. The van der Waals surface area contributed by atoms with Crippen LogP contribution in [0.2, 0.25) is 5.02 Å². The Morgan fingerprint density at radius 3 is 2.69 bits per heavy atom. The Hall–Kier alpha value is -3.36. The molecule has 15 heteroatoms. The predicted octanol–water partition coefficient (Wildman–Crippen LogP) is 1.06. The molecular formula is C17H19ClN4O9S. The van der Waals surface area contributed by atoms with E-state index >= 15 is 0 Å². The van der Waals surface area contributed by atoms with E-state index < -0.39 is 44.6 Å². The monoisotopic (exact) mass is 490 g/mol. The fourth-order valence-corrected chi connectivity index (χ4v) is 3.48. The molecule has 0 saturated carbocycles. The van der Waals surface area contributed by atoms with Crippen molar-refractivity contribution >= 4 is 39.2 Å². The van der Waals surface area contributed by atoms with E-state index in [9.17, 15) is 28.1 Å². The van der Waals surface area contributed by atoms with E-state index in [0.29, 0.717) is 5.76 Å². The second-order valence-electron chi connectivity index (χ2n) is 6.33. The lowest BCUT2D eigenvalue weighted by atomic mass is 10.1. The van der Waals surface area contributed by atoms with Gasteiger partial charge in [0.15, 0.2) is 6.61 Å². The molecule has 1 atom stereocenters. The second kappa shape index (κ2) is 10.8. The molecule has 0 bridgehead atoms. The number of ether oxygens (including phenoxy) is 1. The first-order chi connectivity index (χ1) is 15.0. The Morgan fingerprint density at radius 2 is 2.09 bits per heavy atom. The summed E-state index contributed by atoms with van der Waals surface area (Å²) in [6.45, 7) is 0.542. The van der Waals surface area contributed by atoms with Crippen LogP contribution in [-0.4, -0.2) is 44.6 Å². The smallest absolute Gasteiger partial charge is 0.340 e. The van der Waals surface area contributed by atoms with Crippen molar-refractivity contribution in [2.45, 2.75) is 24.5 Å². The molecule has 0 aliphatic carbocycles. The number of furan rings is 1. The number of carbonyl (C=O) groups excluding carboxylic acids is 2. The van der Waals surface area contributed by atoms with Crippen molar-refractivity contribution in [2.24, 2.45) is 5.14 Å². The van der Waals surface area contributed by atoms with E-state index in [0.717, 1.165) is 6.07 Å². The van der Waals surface area contributed by atoms with Gasteiger partial charge in [-0.15, -0.1) is 10.1 Å². The largest absolute Gasteiger partial charge is 0.467 e. The van der Waals surface area contributed by atoms with Crippen molar-refractivity contribution in [3.05, 3.63) is 57.0 Å². The molecule has 32 heavy (non-hydrogen) atoms. The second-order valence-corrected chi connectivity index (χ2v) is 8.26. The molecule has 0 saturated heterocycles. The van der Waals surface area contributed by atoms with Gasteiger partial charge in [-0.25, -0.2) is 18.4 Å². The van der Waals surface area contributed by atoms with Crippen LogP contribution in [0.25, 0.3) is 0 Å². The highest BCUT2D eigenvalue weighted by atomic mass is 35.5. The van der Waals surface area contributed by atoms with Gasteiger partial charge in [-0.05, 0) is 31.2 Å². The fraction of sp³-hybridized carbons (Fsp3) is 0.294. The van der Waals surface area contributed by atoms with Crippen LogP contribution in [0.1, 0.15) is 23.0 Å². The van der Waals surface area contributed by atoms with Crippen molar-refractivity contribution in [3.8, 4) is 0 Å². The molecule has 174 valence electrons. The fourth-order valence-electron chi connectivity index (χ4n) is 2.38. The van der Waals surface area contributed by atoms with Gasteiger partial charge in [-0.1, -0.05) is 11.6 Å². The van der Waals surface area contributed by atoms with Crippen molar-refractivity contribution in [2.75, 3.05) is 18.5 Å². The number of nitrogens with one attached hydrogen (secondary N) is 2. The van der Waals surface area contributed by atoms with E-state index in [2.05, 4.69) is 15.5 Å². The standard InChI is InChI=1S/C17H19ClN4O9S/c1-10(31-22(25)26)7-21-16(23)9-30-17(24)12-5-15(32(19,27)28)13(18)6-14(12)20-8-11-3-2-4-29-11/h2-6,10,20H,7-9H2,1H3,(H,21,23)(H2,19,27,28)/t10-/m0/s1. The quantitative estimate of drug-likeness (QED) is 0.233. The lowest BCUT2D eigenvalue weighted by molar-refractivity contribution is -0.767. The number of esters is 1. The van der Waals surface area contributed by atoms with Gasteiger partial charge in [0.2, 0.25) is 10.0 Å². The lowest BCUT2D eigenvalue weighted by Crippen LogP contribution is -2.35. The van der Waals surface area contributed by atoms with Crippen molar-refractivity contribution < 1.29 is 37.1 Å². The summed E-state index contributed by atoms with van der Waals surface area (Å²) in [7, 11) is -4.26. The van der Waals surface area contributed by atoms with Gasteiger partial charge < -0.3 is 24.6 Å². The number of hydrogen-bond donors (Lipinski definition) is 3. The molecule has 0 aliphatic rings. The summed E-state index contributed by atoms with van der Waals surface area (Å²) in [5.74, 6) is -1.29. The maximum absolute atomic E-state index is 12.5. The van der Waals surface area contributed by atoms with Crippen molar-refractivity contribution in [1.82, 2.24) is 5.32 Å². The van der Waals surface area contributed by atoms with E-state index in [4.69, 9.17) is 25.9 Å². The van der Waals surface area contributed by atoms with Crippen LogP contribution in [0.3, 0.4) is 0 Å². The van der Waals surface area contributed by atoms with Crippen LogP contribution in [0.15, 0.2) is 39.8 Å². The molecule has 2 aromatic rings. The summed E-state index contributed by atoms with van der Waals surface area (Å²) in [5, 5.41) is 19.3. The highest BCUT2D eigenvalue weighted by Gasteiger charge is 2.22. The average Bonchev–Trinajstić information content (AvgIpc) is 3.21. The number of primary sulfonamides is 1. The zero-order valence-corrected chi connectivity index (χ0v) is 18.1. The number of nitrogens with zero attached hydrogens (tertiary/aromatic N) is 1. The predicted molar refractivity (Wildman–Crippen MR) is 110 cm³/mol. The maximum atomic E-state index is 12.5. The Labute approximate surface area is 186 Å². The highest BCUT2D eigenvalue weighted by molar-refractivity contribution is 7.89. The van der Waals surface area contributed by atoms with Gasteiger partial charge >= 0.3 is 5.97 Å². The molecule has 1 aromatic carbocycles.